The fourth-order valence-corrected chi connectivity index (χ4v) is 4.00. The minimum absolute atomic E-state index is 0. The molecule has 0 aromatic carbocycles. The van der Waals surface area contributed by atoms with E-state index in [1.807, 2.05) is 13.8 Å². The summed E-state index contributed by atoms with van der Waals surface area (Å²) in [5.41, 5.74) is 0. The summed E-state index contributed by atoms with van der Waals surface area (Å²) in [7, 11) is 0. The topological polar surface area (TPSA) is 365 Å². The third-order valence-corrected chi connectivity index (χ3v) is 7.46. The van der Waals surface area contributed by atoms with Gasteiger partial charge in [0.15, 0.2) is 38.6 Å². The monoisotopic (exact) mass is 1120 g/mol. The van der Waals surface area contributed by atoms with E-state index in [0.717, 1.165) is 0 Å². The first-order valence-corrected chi connectivity index (χ1v) is 22.0. The van der Waals surface area contributed by atoms with Crippen molar-refractivity contribution in [3.63, 3.8) is 0 Å². The number of aliphatic hydroxyl groups excluding tert-OH is 4. The van der Waals surface area contributed by atoms with Gasteiger partial charge in [0.25, 0.3) is 0 Å². The summed E-state index contributed by atoms with van der Waals surface area (Å²) in [5.74, 6) is -5.22. The normalized spacial score (nSPS) is 15.4. The third-order valence-electron chi connectivity index (χ3n) is 7.46. The second-order valence-corrected chi connectivity index (χ2v) is 13.9. The van der Waals surface area contributed by atoms with Crippen molar-refractivity contribution in [2.45, 2.75) is 123 Å². The molecule has 28 heteroatoms. The van der Waals surface area contributed by atoms with Crippen LogP contribution in [0.5, 0.6) is 0 Å². The molecule has 6 unspecified atom stereocenters. The van der Waals surface area contributed by atoms with Crippen molar-refractivity contribution in [1.29, 1.82) is 0 Å². The molecule has 2 saturated heterocycles. The van der Waals surface area contributed by atoms with Gasteiger partial charge in [-0.3, -0.25) is 0 Å². The van der Waals surface area contributed by atoms with Gasteiger partial charge in [0, 0.05) is 0 Å². The van der Waals surface area contributed by atoms with Crippen LogP contribution < -0.4 is 0 Å². The number of carbonyl (C=O) groups is 8. The molecule has 2 heterocycles. The molecule has 2 aliphatic rings. The van der Waals surface area contributed by atoms with Crippen molar-refractivity contribution in [2.24, 2.45) is 0 Å². The third kappa shape index (κ3) is 57.0. The number of ether oxygens (including phenoxy) is 16. The number of aliphatic hydroxyl groups is 4. The van der Waals surface area contributed by atoms with E-state index >= 15 is 0 Å². The Labute approximate surface area is 449 Å². The van der Waals surface area contributed by atoms with E-state index in [0.29, 0.717) is 66.1 Å². The van der Waals surface area contributed by atoms with Crippen LogP contribution in [0.4, 0.5) is 0 Å². The summed E-state index contributed by atoms with van der Waals surface area (Å²) in [4.78, 5) is 86.1. The second kappa shape index (κ2) is 59.5. The van der Waals surface area contributed by atoms with E-state index in [1.54, 1.807) is 0 Å². The van der Waals surface area contributed by atoms with Gasteiger partial charge in [0.05, 0.1) is 118 Å². The van der Waals surface area contributed by atoms with Gasteiger partial charge >= 0.3 is 47.8 Å². The Morgan fingerprint density at radius 3 is 1.05 bits per heavy atom. The molecule has 76 heavy (non-hydrogen) atoms. The number of hydrogen-bond acceptors (Lipinski definition) is 28. The van der Waals surface area contributed by atoms with E-state index in [1.165, 1.54) is 27.7 Å². The zero-order chi connectivity index (χ0) is 53.0. The molecule has 4 N–H and O–H groups in total. The first-order valence-electron chi connectivity index (χ1n) is 22.0. The van der Waals surface area contributed by atoms with Gasteiger partial charge in [-0.1, -0.05) is 44.6 Å². The van der Waals surface area contributed by atoms with E-state index in [2.05, 4.69) is 28.4 Å². The van der Waals surface area contributed by atoms with Gasteiger partial charge < -0.3 is 96.2 Å². The second-order valence-electron chi connectivity index (χ2n) is 13.9. The maximum atomic E-state index is 11.3. The molecular weight excluding hydrogens is 1020 g/mol. The maximum absolute atomic E-state index is 11.3. The summed E-state index contributed by atoms with van der Waals surface area (Å²) in [6.07, 6.45) is -4.29. The van der Waals surface area contributed by atoms with Crippen molar-refractivity contribution in [3.05, 3.63) is 0 Å². The minimum atomic E-state index is -1.31. The Morgan fingerprint density at radius 2 is 0.750 bits per heavy atom. The van der Waals surface area contributed by atoms with E-state index in [4.69, 9.17) is 67.8 Å². The van der Waals surface area contributed by atoms with Gasteiger partial charge in [-0.05, 0) is 41.5 Å². The van der Waals surface area contributed by atoms with Crippen LogP contribution in [-0.2, 0) is 114 Å². The quantitative estimate of drug-likeness (QED) is 0.0389. The van der Waals surface area contributed by atoms with Crippen LogP contribution in [0.2, 0.25) is 0 Å². The highest BCUT2D eigenvalue weighted by Crippen LogP contribution is 2.08. The van der Waals surface area contributed by atoms with Crippen molar-refractivity contribution in [1.82, 2.24) is 0 Å². The fraction of sp³-hybridized carbons (Fsp3) is 0.833. The fourth-order valence-electron chi connectivity index (χ4n) is 4.00. The lowest BCUT2D eigenvalue weighted by Gasteiger charge is -2.22. The molecular formula is C48H96O28. The van der Waals surface area contributed by atoms with Crippen LogP contribution in [0.15, 0.2) is 0 Å². The molecule has 6 atom stereocenters. The molecule has 2 fully saturated rings. The Bertz CT molecular complexity index is 1380. The summed E-state index contributed by atoms with van der Waals surface area (Å²) in [6, 6.07) is 0. The highest BCUT2D eigenvalue weighted by atomic mass is 16.7. The van der Waals surface area contributed by atoms with Gasteiger partial charge in [-0.2, -0.15) is 0 Å². The number of esters is 8. The highest BCUT2D eigenvalue weighted by molar-refractivity contribution is 5.87. The van der Waals surface area contributed by atoms with E-state index in [-0.39, 0.29) is 123 Å². The van der Waals surface area contributed by atoms with Crippen LogP contribution in [0, 0.1) is 0 Å². The van der Waals surface area contributed by atoms with Gasteiger partial charge in [-0.25, -0.2) is 38.4 Å². The van der Waals surface area contributed by atoms with Crippen LogP contribution in [0.1, 0.15) is 86.1 Å². The smallest absolute Gasteiger partial charge is 0.347 e. The first-order chi connectivity index (χ1) is 33.3. The summed E-state index contributed by atoms with van der Waals surface area (Å²) >= 11 is 0. The largest absolute Gasteiger partial charge is 0.461 e. The molecule has 0 bridgehead atoms. The zero-order valence-corrected chi connectivity index (χ0v) is 40.6. The Morgan fingerprint density at radius 1 is 0.461 bits per heavy atom. The predicted molar refractivity (Wildman–Crippen MR) is 271 cm³/mol. The van der Waals surface area contributed by atoms with Crippen molar-refractivity contribution >= 4 is 47.8 Å². The van der Waals surface area contributed by atoms with E-state index in [9.17, 15) is 38.4 Å². The molecule has 0 aromatic heterocycles. The van der Waals surface area contributed by atoms with E-state index < -0.39 is 85.4 Å². The highest BCUT2D eigenvalue weighted by Gasteiger charge is 2.32. The molecule has 0 saturated carbocycles. The molecule has 0 amide bonds. The number of hydrogen-bond donors (Lipinski definition) is 4. The molecule has 0 spiro atoms. The van der Waals surface area contributed by atoms with Crippen LogP contribution in [0.3, 0.4) is 0 Å². The summed E-state index contributed by atoms with van der Waals surface area (Å²) in [6.45, 7) is 12.5. The Hall–Kier alpha value is -4.72. The Balaban J connectivity index is -0.000000155. The van der Waals surface area contributed by atoms with Crippen molar-refractivity contribution in [3.8, 4) is 0 Å². The molecule has 0 aliphatic carbocycles. The lowest BCUT2D eigenvalue weighted by Crippen LogP contribution is -2.40. The maximum Gasteiger partial charge on any atom is 0.347 e. The molecule has 0 radical (unpaired) electrons. The molecule has 0 aromatic rings. The van der Waals surface area contributed by atoms with Crippen LogP contribution in [-0.4, -0.2) is 250 Å². The number of carbonyl (C=O) groups excluding carboxylic acids is 8. The van der Waals surface area contributed by atoms with Crippen LogP contribution >= 0.6 is 0 Å². The lowest BCUT2D eigenvalue weighted by molar-refractivity contribution is -0.191. The number of cyclic esters (lactones) is 4. The molecule has 2 aliphatic heterocycles. The minimum Gasteiger partial charge on any atom is -0.461 e. The summed E-state index contributed by atoms with van der Waals surface area (Å²) in [5, 5.41) is 34.8. The van der Waals surface area contributed by atoms with Crippen molar-refractivity contribution in [2.75, 3.05) is 145 Å². The van der Waals surface area contributed by atoms with Gasteiger partial charge in [0.2, 0.25) is 0 Å². The van der Waals surface area contributed by atoms with Gasteiger partial charge in [0.1, 0.15) is 25.4 Å². The zero-order valence-electron chi connectivity index (χ0n) is 40.6. The lowest BCUT2D eigenvalue weighted by atomic mass is 10.3. The Kier molecular flexibility index (Phi) is 68.9. The molecule has 456 valence electrons. The first kappa shape index (κ1) is 87.9. The molecule has 28 nitrogen and oxygen atoms in total. The van der Waals surface area contributed by atoms with Crippen molar-refractivity contribution < 1.29 is 135 Å². The standard InChI is InChI=1S/C21H36O14.C11H24O6.C6H8O4.C4H4O4.6CH4/c1-15(31-9-6-29-8-11-33-19(25)14-35-21(27)17(3)23)12-30-5-4-28-7-10-32-18(24)13-34-20(26)16(2)22;1-11(17-9-8-15-5-3-13)10-16-7-6-14-4-2-12;1-3-5(7)10-4(2)6(8)9-3;5-3-1-7-4(6)2-8-3;;;;;;/h15-17,22-23H,4-14H2,1-3H3;11-13H,2-10H2,1H3;3-4H,1-2H3;1-2H2;6*1H4. The average Bonchev–Trinajstić information content (AvgIpc) is 3.32. The molecule has 2 rings (SSSR count). The summed E-state index contributed by atoms with van der Waals surface area (Å²) < 4.78 is 78.5. The predicted octanol–water partition coefficient (Wildman–Crippen LogP) is 0.568. The van der Waals surface area contributed by atoms with Crippen LogP contribution in [0.25, 0.3) is 0 Å². The number of rotatable bonds is 34. The average molecular weight is 1120 g/mol. The SMILES string of the molecule is C.C.C.C.C.C.CC(COCCOCCO)OCCOCCO.CC(COCCOCCOC(=O)COC(=O)C(C)O)OCCOCCOC(=O)COC(=O)C(C)O.CC1OC(=O)C(C)OC1=O.O=C1COC(=O)CO1. The van der Waals surface area contributed by atoms with Gasteiger partial charge in [-0.15, -0.1) is 0 Å².